The van der Waals surface area contributed by atoms with Crippen LogP contribution in [0.2, 0.25) is 0 Å². The van der Waals surface area contributed by atoms with Crippen LogP contribution in [0, 0.1) is 0 Å². The lowest BCUT2D eigenvalue weighted by Crippen LogP contribution is -2.60. The molecule has 182 valence electrons. The van der Waals surface area contributed by atoms with Gasteiger partial charge in [0.25, 0.3) is 0 Å². The second-order valence-electron chi connectivity index (χ2n) is 9.92. The fourth-order valence-corrected chi connectivity index (χ4v) is 4.83. The van der Waals surface area contributed by atoms with E-state index in [9.17, 15) is 4.79 Å². The maximum absolute atomic E-state index is 13.3. The van der Waals surface area contributed by atoms with Crippen molar-refractivity contribution in [2.45, 2.75) is 57.1 Å². The molecule has 8 nitrogen and oxygen atoms in total. The minimum Gasteiger partial charge on any atom is -0.492 e. The lowest BCUT2D eigenvalue weighted by molar-refractivity contribution is -0.0102. The van der Waals surface area contributed by atoms with E-state index < -0.39 is 11.0 Å². The normalized spacial score (nSPS) is 19.8. The third kappa shape index (κ3) is 5.01. The van der Waals surface area contributed by atoms with Crippen molar-refractivity contribution in [3.8, 4) is 0 Å². The summed E-state index contributed by atoms with van der Waals surface area (Å²) in [5.41, 5.74) is 8.03. The second-order valence-corrected chi connectivity index (χ2v) is 9.92. The van der Waals surface area contributed by atoms with Crippen LogP contribution in [0.15, 0.2) is 48.9 Å². The number of piperidine rings is 1. The molecule has 2 aliphatic heterocycles. The van der Waals surface area contributed by atoms with Crippen LogP contribution in [0.25, 0.3) is 5.76 Å². The van der Waals surface area contributed by atoms with Crippen molar-refractivity contribution in [2.75, 3.05) is 31.6 Å². The molecule has 1 aromatic heterocycles. The molecule has 3 heterocycles. The zero-order chi connectivity index (χ0) is 24.2. The maximum Gasteiger partial charge on any atom is 0.410 e. The molecule has 0 bridgehead atoms. The predicted octanol–water partition coefficient (Wildman–Crippen LogP) is 3.95. The Morgan fingerprint density at radius 1 is 1.24 bits per heavy atom. The summed E-state index contributed by atoms with van der Waals surface area (Å²) in [4.78, 5) is 23.8. The van der Waals surface area contributed by atoms with Crippen LogP contribution in [0.1, 0.15) is 51.3 Å². The topological polar surface area (TPSA) is 103 Å². The van der Waals surface area contributed by atoms with Crippen LogP contribution in [-0.4, -0.2) is 58.8 Å². The summed E-state index contributed by atoms with van der Waals surface area (Å²) in [6.45, 7) is 7.49. The van der Waals surface area contributed by atoms with E-state index in [1.807, 2.05) is 62.1 Å². The number of hydrogen-bond donors (Lipinski definition) is 2. The van der Waals surface area contributed by atoms with E-state index in [1.165, 1.54) is 6.33 Å². The molecule has 0 saturated carbocycles. The average molecular weight is 466 g/mol. The number of hydrogen-bond acceptors (Lipinski definition) is 7. The molecule has 2 aromatic rings. The molecule has 34 heavy (non-hydrogen) atoms. The monoisotopic (exact) mass is 465 g/mol. The summed E-state index contributed by atoms with van der Waals surface area (Å²) in [6, 6.07) is 9.74. The highest BCUT2D eigenvalue weighted by Crippen LogP contribution is 2.38. The lowest BCUT2D eigenvalue weighted by atomic mass is 9.73. The van der Waals surface area contributed by atoms with Gasteiger partial charge in [0.1, 0.15) is 24.3 Å². The molecule has 1 amide bonds. The summed E-state index contributed by atoms with van der Waals surface area (Å²) in [5.74, 6) is 0.806. The van der Waals surface area contributed by atoms with Crippen LogP contribution in [-0.2, 0) is 14.9 Å². The van der Waals surface area contributed by atoms with E-state index in [4.69, 9.17) is 15.2 Å². The number of benzene rings is 1. The fraction of sp³-hybridized carbons (Fsp3) is 0.500. The van der Waals surface area contributed by atoms with Gasteiger partial charge in [0.05, 0.1) is 17.2 Å². The number of nitrogens with two attached hydrogens (primary N) is 1. The Labute approximate surface area is 201 Å². The molecule has 1 aromatic carbocycles. The van der Waals surface area contributed by atoms with Crippen molar-refractivity contribution in [1.29, 1.82) is 0 Å². The van der Waals surface area contributed by atoms with Gasteiger partial charge in [-0.25, -0.2) is 14.8 Å². The molecule has 2 atom stereocenters. The van der Waals surface area contributed by atoms with Gasteiger partial charge in [0.15, 0.2) is 0 Å². The first-order valence-corrected chi connectivity index (χ1v) is 12.0. The Balaban J connectivity index is 1.69. The van der Waals surface area contributed by atoms with Crippen molar-refractivity contribution in [2.24, 2.45) is 5.73 Å². The highest BCUT2D eigenvalue weighted by atomic mass is 16.6. The van der Waals surface area contributed by atoms with Gasteiger partial charge in [-0.15, -0.1) is 0 Å². The molecular weight excluding hydrogens is 430 g/mol. The molecule has 4 rings (SSSR count). The van der Waals surface area contributed by atoms with E-state index in [2.05, 4.69) is 15.3 Å². The largest absolute Gasteiger partial charge is 0.492 e. The quantitative estimate of drug-likeness (QED) is 0.666. The summed E-state index contributed by atoms with van der Waals surface area (Å²) in [5, 5.41) is 3.37. The van der Waals surface area contributed by atoms with Gasteiger partial charge in [-0.05, 0) is 64.3 Å². The number of carbonyl (C=O) groups is 1. The molecule has 0 aliphatic carbocycles. The average Bonchev–Trinajstić information content (AvgIpc) is 2.84. The van der Waals surface area contributed by atoms with Crippen LogP contribution < -0.4 is 11.1 Å². The van der Waals surface area contributed by atoms with E-state index in [0.29, 0.717) is 13.1 Å². The zero-order valence-electron chi connectivity index (χ0n) is 20.3. The Kier molecular flexibility index (Phi) is 7.07. The smallest absolute Gasteiger partial charge is 0.410 e. The Bertz CT molecular complexity index is 1020. The van der Waals surface area contributed by atoms with Crippen molar-refractivity contribution >= 4 is 17.5 Å². The minimum atomic E-state index is -0.721. The first kappa shape index (κ1) is 24.0. The fourth-order valence-electron chi connectivity index (χ4n) is 4.83. The van der Waals surface area contributed by atoms with Gasteiger partial charge in [-0.3, -0.25) is 0 Å². The van der Waals surface area contributed by atoms with Crippen molar-refractivity contribution in [3.63, 3.8) is 0 Å². The Morgan fingerprint density at radius 3 is 2.79 bits per heavy atom. The number of nitrogens with zero attached hydrogens (tertiary/aromatic N) is 3. The zero-order valence-corrected chi connectivity index (χ0v) is 20.3. The number of rotatable bonds is 6. The third-order valence-electron chi connectivity index (χ3n) is 6.48. The second kappa shape index (κ2) is 10.0. The molecule has 0 spiro atoms. The highest BCUT2D eigenvalue weighted by molar-refractivity contribution is 5.75. The van der Waals surface area contributed by atoms with E-state index in [1.54, 1.807) is 6.20 Å². The summed E-state index contributed by atoms with van der Waals surface area (Å²) in [7, 11) is 0. The molecule has 3 N–H and O–H groups in total. The summed E-state index contributed by atoms with van der Waals surface area (Å²) < 4.78 is 12.3. The molecule has 2 unspecified atom stereocenters. The number of aromatic nitrogens is 2. The molecular formula is C26H35N5O3. The molecule has 8 heteroatoms. The predicted molar refractivity (Wildman–Crippen MR) is 132 cm³/mol. The number of ether oxygens (including phenoxy) is 2. The third-order valence-corrected chi connectivity index (χ3v) is 6.48. The Morgan fingerprint density at radius 2 is 2.06 bits per heavy atom. The number of likely N-dealkylation sites (tertiary alicyclic amines) is 1. The highest BCUT2D eigenvalue weighted by Gasteiger charge is 2.48. The first-order valence-electron chi connectivity index (χ1n) is 12.0. The number of carbonyl (C=O) groups excluding carboxylic acids is 1. The number of nitrogens with one attached hydrogen (secondary N) is 1. The van der Waals surface area contributed by atoms with Crippen LogP contribution in [0.3, 0.4) is 0 Å². The number of fused-ring (bicyclic) bond motifs is 1. The van der Waals surface area contributed by atoms with Crippen molar-refractivity contribution in [3.05, 3.63) is 60.2 Å². The van der Waals surface area contributed by atoms with E-state index in [0.717, 1.165) is 42.0 Å². The molecule has 2 aliphatic rings. The number of anilines is 1. The van der Waals surface area contributed by atoms with E-state index in [-0.39, 0.29) is 25.3 Å². The van der Waals surface area contributed by atoms with Crippen molar-refractivity contribution in [1.82, 2.24) is 14.9 Å². The standard InChI is InChI=1S/C26H35N5O3/c1-25(2,3)34-24(32)31-15-7-6-10-23(31)26(16-27,22-12-13-28-18-30-22)17-33-21-11-14-29-20-9-5-4-8-19(20)21/h4-5,8-9,11-13,18,23,29H,6-7,10,14-17,27H2,1-3H3. The summed E-state index contributed by atoms with van der Waals surface area (Å²) in [6.07, 6.45) is 7.66. The van der Waals surface area contributed by atoms with Crippen molar-refractivity contribution < 1.29 is 14.3 Å². The van der Waals surface area contributed by atoms with Gasteiger partial charge in [0, 0.05) is 37.1 Å². The van der Waals surface area contributed by atoms with Crippen LogP contribution >= 0.6 is 0 Å². The molecule has 1 saturated heterocycles. The van der Waals surface area contributed by atoms with Crippen LogP contribution in [0.4, 0.5) is 10.5 Å². The molecule has 0 radical (unpaired) electrons. The first-order chi connectivity index (χ1) is 16.3. The van der Waals surface area contributed by atoms with Gasteiger partial charge in [0.2, 0.25) is 0 Å². The SMILES string of the molecule is CC(C)(C)OC(=O)N1CCCCC1C(CN)(COC1=CCNc2ccccc21)c1ccncn1. The summed E-state index contributed by atoms with van der Waals surface area (Å²) >= 11 is 0. The van der Waals surface area contributed by atoms with Gasteiger partial charge < -0.3 is 25.4 Å². The number of para-hydroxylation sites is 1. The lowest BCUT2D eigenvalue weighted by Gasteiger charge is -2.47. The van der Waals surface area contributed by atoms with Crippen LogP contribution in [0.5, 0.6) is 0 Å². The Hall–Kier alpha value is -3.13. The molecule has 1 fully saturated rings. The van der Waals surface area contributed by atoms with Gasteiger partial charge >= 0.3 is 6.09 Å². The van der Waals surface area contributed by atoms with Gasteiger partial charge in [-0.2, -0.15) is 0 Å². The van der Waals surface area contributed by atoms with Gasteiger partial charge in [-0.1, -0.05) is 12.1 Å². The van der Waals surface area contributed by atoms with E-state index >= 15 is 0 Å². The maximum atomic E-state index is 13.3. The minimum absolute atomic E-state index is 0.214. The number of amides is 1.